The lowest BCUT2D eigenvalue weighted by Gasteiger charge is -2.28. The van der Waals surface area contributed by atoms with Gasteiger partial charge in [0, 0.05) is 18.7 Å². The zero-order valence-electron chi connectivity index (χ0n) is 14.7. The molecule has 0 aliphatic carbocycles. The second-order valence-corrected chi connectivity index (χ2v) is 7.06. The summed E-state index contributed by atoms with van der Waals surface area (Å²) >= 11 is 0. The van der Waals surface area contributed by atoms with E-state index in [2.05, 4.69) is 15.2 Å². The average Bonchev–Trinajstić information content (AvgIpc) is 2.89. The predicted molar refractivity (Wildman–Crippen MR) is 87.2 cm³/mol. The Morgan fingerprint density at radius 3 is 2.76 bits per heavy atom. The summed E-state index contributed by atoms with van der Waals surface area (Å²) in [5.41, 5.74) is -1.74. The van der Waals surface area contributed by atoms with Crippen LogP contribution in [-0.2, 0) is 11.0 Å². The number of carbonyl (C=O) groups is 1. The van der Waals surface area contributed by atoms with Crippen molar-refractivity contribution in [2.75, 3.05) is 20.2 Å². The first-order chi connectivity index (χ1) is 11.6. The first-order valence-electron chi connectivity index (χ1n) is 8.25. The van der Waals surface area contributed by atoms with Crippen LogP contribution < -0.4 is 10.1 Å². The fourth-order valence-corrected chi connectivity index (χ4v) is 2.89. The van der Waals surface area contributed by atoms with Crippen LogP contribution in [0.25, 0.3) is 0 Å². The molecular formula is C17H24F3N3O2. The number of likely N-dealkylation sites (tertiary alicyclic amines) is 1. The van der Waals surface area contributed by atoms with Crippen LogP contribution in [0.4, 0.5) is 13.2 Å². The third-order valence-corrected chi connectivity index (χ3v) is 4.22. The number of alkyl halides is 3. The zero-order valence-corrected chi connectivity index (χ0v) is 14.7. The van der Waals surface area contributed by atoms with Crippen molar-refractivity contribution < 1.29 is 22.7 Å². The molecule has 5 nitrogen and oxygen atoms in total. The summed E-state index contributed by atoms with van der Waals surface area (Å²) in [4.78, 5) is 18.0. The van der Waals surface area contributed by atoms with Gasteiger partial charge in [0.05, 0.1) is 5.54 Å². The molecule has 0 bridgehead atoms. The maximum atomic E-state index is 12.9. The number of hydrogen-bond acceptors (Lipinski definition) is 4. The molecule has 1 saturated heterocycles. The van der Waals surface area contributed by atoms with Crippen molar-refractivity contribution >= 4 is 5.91 Å². The van der Waals surface area contributed by atoms with E-state index in [4.69, 9.17) is 4.74 Å². The van der Waals surface area contributed by atoms with Gasteiger partial charge in [-0.2, -0.15) is 13.2 Å². The van der Waals surface area contributed by atoms with Crippen molar-refractivity contribution in [3.05, 3.63) is 23.9 Å². The number of hydrogen-bond donors (Lipinski definition) is 1. The van der Waals surface area contributed by atoms with E-state index in [1.165, 1.54) is 12.3 Å². The molecule has 1 N–H and O–H groups in total. The molecule has 0 unspecified atom stereocenters. The van der Waals surface area contributed by atoms with Gasteiger partial charge in [0.15, 0.2) is 0 Å². The summed E-state index contributed by atoms with van der Waals surface area (Å²) in [5, 5.41) is 2.83. The molecule has 2 heterocycles. The lowest BCUT2D eigenvalue weighted by atomic mass is 10.1. The first-order valence-corrected chi connectivity index (χ1v) is 8.25. The Kier molecular flexibility index (Phi) is 5.92. The van der Waals surface area contributed by atoms with E-state index in [1.807, 2.05) is 7.05 Å². The maximum Gasteiger partial charge on any atom is 0.421 e. The van der Waals surface area contributed by atoms with Crippen LogP contribution in [0.1, 0.15) is 38.7 Å². The molecule has 140 valence electrons. The fourth-order valence-electron chi connectivity index (χ4n) is 2.89. The normalized spacial score (nSPS) is 19.0. The van der Waals surface area contributed by atoms with Gasteiger partial charge in [-0.15, -0.1) is 0 Å². The van der Waals surface area contributed by atoms with E-state index in [0.29, 0.717) is 6.42 Å². The van der Waals surface area contributed by atoms with Gasteiger partial charge in [0.1, 0.15) is 12.2 Å². The van der Waals surface area contributed by atoms with Crippen molar-refractivity contribution in [2.45, 2.75) is 50.9 Å². The molecule has 1 aliphatic heterocycles. The van der Waals surface area contributed by atoms with Crippen molar-refractivity contribution in [1.29, 1.82) is 0 Å². The van der Waals surface area contributed by atoms with Gasteiger partial charge in [0.2, 0.25) is 11.8 Å². The summed E-state index contributed by atoms with van der Waals surface area (Å²) in [6, 6.07) is 2.34. The number of halogens is 3. The summed E-state index contributed by atoms with van der Waals surface area (Å²) in [6.07, 6.45) is -0.877. The molecule has 0 radical (unpaired) electrons. The minimum Gasteiger partial charge on any atom is -0.475 e. The van der Waals surface area contributed by atoms with E-state index in [1.54, 1.807) is 13.8 Å². The van der Waals surface area contributed by atoms with Crippen LogP contribution in [0.15, 0.2) is 18.3 Å². The highest BCUT2D eigenvalue weighted by Gasteiger charge is 2.35. The molecule has 8 heteroatoms. The highest BCUT2D eigenvalue weighted by molar-refractivity contribution is 5.77. The van der Waals surface area contributed by atoms with E-state index in [0.717, 1.165) is 25.5 Å². The number of nitrogens with zero attached hydrogens (tertiary/aromatic N) is 2. The Morgan fingerprint density at radius 1 is 1.44 bits per heavy atom. The number of pyridine rings is 1. The van der Waals surface area contributed by atoms with Gasteiger partial charge in [0.25, 0.3) is 0 Å². The standard InChI is InChI=1S/C17H24F3N3O2/c1-16(2,22-14(24)10-12-6-5-9-23(12)3)11-25-15-13(17(18,19)20)7-4-8-21-15/h4,7-8,12H,5-6,9-11H2,1-3H3,(H,22,24)/t12-/m0/s1. The molecular weight excluding hydrogens is 335 g/mol. The van der Waals surface area contributed by atoms with Crippen LogP contribution >= 0.6 is 0 Å². The molecule has 1 atom stereocenters. The molecule has 1 fully saturated rings. The second-order valence-electron chi connectivity index (χ2n) is 7.06. The Labute approximate surface area is 145 Å². The third-order valence-electron chi connectivity index (χ3n) is 4.22. The first kappa shape index (κ1) is 19.5. The van der Waals surface area contributed by atoms with Gasteiger partial charge >= 0.3 is 6.18 Å². The molecule has 0 aromatic carbocycles. The monoisotopic (exact) mass is 359 g/mol. The lowest BCUT2D eigenvalue weighted by molar-refractivity contribution is -0.139. The Bertz CT molecular complexity index is 605. The summed E-state index contributed by atoms with van der Waals surface area (Å²) in [5.74, 6) is -0.614. The van der Waals surface area contributed by atoms with Gasteiger partial charge in [-0.1, -0.05) is 0 Å². The Hall–Kier alpha value is -1.83. The van der Waals surface area contributed by atoms with Crippen LogP contribution in [0.3, 0.4) is 0 Å². The SMILES string of the molecule is CN1CCC[C@H]1CC(=O)NC(C)(C)COc1ncccc1C(F)(F)F. The second kappa shape index (κ2) is 7.59. The van der Waals surface area contributed by atoms with Crippen molar-refractivity contribution in [2.24, 2.45) is 0 Å². The average molecular weight is 359 g/mol. The molecule has 1 aromatic heterocycles. The number of nitrogens with one attached hydrogen (secondary N) is 1. The van der Waals surface area contributed by atoms with Crippen molar-refractivity contribution in [3.8, 4) is 5.88 Å². The number of aromatic nitrogens is 1. The topological polar surface area (TPSA) is 54.5 Å². The van der Waals surface area contributed by atoms with E-state index < -0.39 is 23.2 Å². The smallest absolute Gasteiger partial charge is 0.421 e. The van der Waals surface area contributed by atoms with Crippen LogP contribution in [0.2, 0.25) is 0 Å². The lowest BCUT2D eigenvalue weighted by Crippen LogP contribution is -2.49. The van der Waals surface area contributed by atoms with Crippen molar-refractivity contribution in [1.82, 2.24) is 15.2 Å². The van der Waals surface area contributed by atoms with Gasteiger partial charge in [-0.25, -0.2) is 4.98 Å². The van der Waals surface area contributed by atoms with Crippen molar-refractivity contribution in [3.63, 3.8) is 0 Å². The molecule has 1 aliphatic rings. The number of amides is 1. The molecule has 0 saturated carbocycles. The number of rotatable bonds is 6. The molecule has 1 amide bonds. The fraction of sp³-hybridized carbons (Fsp3) is 0.647. The molecule has 0 spiro atoms. The zero-order chi connectivity index (χ0) is 18.7. The van der Waals surface area contributed by atoms with Crippen LogP contribution in [0.5, 0.6) is 5.88 Å². The largest absolute Gasteiger partial charge is 0.475 e. The Balaban J connectivity index is 1.92. The highest BCUT2D eigenvalue weighted by atomic mass is 19.4. The van der Waals surface area contributed by atoms with Gasteiger partial charge in [-0.3, -0.25) is 4.79 Å². The molecule has 25 heavy (non-hydrogen) atoms. The molecule has 2 rings (SSSR count). The summed E-state index contributed by atoms with van der Waals surface area (Å²) in [6.45, 7) is 4.28. The Morgan fingerprint density at radius 2 is 2.16 bits per heavy atom. The predicted octanol–water partition coefficient (Wildman–Crippen LogP) is 2.86. The molecule has 1 aromatic rings. The van der Waals surface area contributed by atoms with Gasteiger partial charge < -0.3 is 15.0 Å². The van der Waals surface area contributed by atoms with Crippen LogP contribution in [-0.4, -0.2) is 47.6 Å². The minimum absolute atomic E-state index is 0.112. The summed E-state index contributed by atoms with van der Waals surface area (Å²) in [7, 11) is 1.99. The van der Waals surface area contributed by atoms with Crippen LogP contribution in [0, 0.1) is 0 Å². The number of ether oxygens (including phenoxy) is 1. The van der Waals surface area contributed by atoms with E-state index in [-0.39, 0.29) is 18.6 Å². The number of carbonyl (C=O) groups excluding carboxylic acids is 1. The summed E-state index contributed by atoms with van der Waals surface area (Å²) < 4.78 is 44.1. The quantitative estimate of drug-likeness (QED) is 0.849. The van der Waals surface area contributed by atoms with E-state index in [9.17, 15) is 18.0 Å². The highest BCUT2D eigenvalue weighted by Crippen LogP contribution is 2.34. The minimum atomic E-state index is -4.54. The van der Waals surface area contributed by atoms with Gasteiger partial charge in [-0.05, 0) is 52.4 Å². The van der Waals surface area contributed by atoms with E-state index >= 15 is 0 Å². The third kappa shape index (κ3) is 5.59. The maximum absolute atomic E-state index is 12.9.